The van der Waals surface area contributed by atoms with Gasteiger partial charge in [-0.05, 0) is 11.4 Å². The third-order valence-electron chi connectivity index (χ3n) is 2.63. The van der Waals surface area contributed by atoms with Crippen LogP contribution >= 0.6 is 11.3 Å². The minimum Gasteiger partial charge on any atom is -0.465 e. The molecule has 0 radical (unpaired) electrons. The summed E-state index contributed by atoms with van der Waals surface area (Å²) in [4.78, 5) is 23.6. The van der Waals surface area contributed by atoms with Crippen molar-refractivity contribution < 1.29 is 27.5 Å². The number of esters is 1. The Morgan fingerprint density at radius 3 is 2.68 bits per heavy atom. The van der Waals surface area contributed by atoms with Crippen LogP contribution in [0.25, 0.3) is 0 Å². The number of carbonyl (C=O) groups is 2. The first kappa shape index (κ1) is 16.0. The Labute approximate surface area is 126 Å². The van der Waals surface area contributed by atoms with E-state index in [4.69, 9.17) is 0 Å². The van der Waals surface area contributed by atoms with Crippen molar-refractivity contribution in [3.05, 3.63) is 33.8 Å². The molecule has 0 saturated carbocycles. The van der Waals surface area contributed by atoms with Crippen LogP contribution in [0.4, 0.5) is 18.9 Å². The second kappa shape index (κ2) is 5.79. The van der Waals surface area contributed by atoms with Gasteiger partial charge in [0.05, 0.1) is 18.4 Å². The highest BCUT2D eigenvalue weighted by molar-refractivity contribution is 7.12. The van der Waals surface area contributed by atoms with E-state index in [1.165, 1.54) is 18.5 Å². The zero-order valence-corrected chi connectivity index (χ0v) is 12.2. The van der Waals surface area contributed by atoms with Crippen LogP contribution in [0, 0.1) is 0 Å². The predicted molar refractivity (Wildman–Crippen MR) is 71.8 cm³/mol. The second-order valence-corrected chi connectivity index (χ2v) is 5.09. The van der Waals surface area contributed by atoms with Crippen LogP contribution in [0.5, 0.6) is 0 Å². The van der Waals surface area contributed by atoms with Gasteiger partial charge in [0.2, 0.25) is 0 Å². The van der Waals surface area contributed by atoms with Crippen molar-refractivity contribution in [2.24, 2.45) is 7.05 Å². The third kappa shape index (κ3) is 3.11. The van der Waals surface area contributed by atoms with E-state index in [-0.39, 0.29) is 10.6 Å². The fraction of sp³-hybridized carbons (Fsp3) is 0.250. The first-order valence-corrected chi connectivity index (χ1v) is 6.70. The van der Waals surface area contributed by atoms with Crippen LogP contribution in [0.15, 0.2) is 17.6 Å². The summed E-state index contributed by atoms with van der Waals surface area (Å²) in [5, 5.41) is 7.02. The highest BCUT2D eigenvalue weighted by Gasteiger charge is 2.39. The number of aromatic nitrogens is 2. The molecule has 2 aromatic rings. The van der Waals surface area contributed by atoms with E-state index >= 15 is 0 Å². The van der Waals surface area contributed by atoms with Gasteiger partial charge in [0.25, 0.3) is 5.91 Å². The molecule has 0 aliphatic rings. The van der Waals surface area contributed by atoms with Gasteiger partial charge in [0, 0.05) is 13.2 Å². The zero-order chi connectivity index (χ0) is 16.5. The highest BCUT2D eigenvalue weighted by Crippen LogP contribution is 2.31. The number of nitrogens with zero attached hydrogens (tertiary/aromatic N) is 2. The Hall–Kier alpha value is -2.36. The standard InChI is InChI=1S/C12H10F3N3O3S/c1-18-5-6(9(17-18)12(13,14)15)10(19)16-7-3-4-22-8(7)11(20)21-2/h3-5H,1-2H3,(H,16,19). The Morgan fingerprint density at radius 2 is 2.09 bits per heavy atom. The summed E-state index contributed by atoms with van der Waals surface area (Å²) in [6.07, 6.45) is -3.80. The molecule has 0 saturated heterocycles. The summed E-state index contributed by atoms with van der Waals surface area (Å²) in [5.41, 5.74) is -1.84. The number of thiophene rings is 1. The van der Waals surface area contributed by atoms with Crippen molar-refractivity contribution in [1.82, 2.24) is 9.78 Å². The SMILES string of the molecule is COC(=O)c1sccc1NC(=O)c1cn(C)nc1C(F)(F)F. The molecular formula is C12H10F3N3O3S. The largest absolute Gasteiger partial charge is 0.465 e. The smallest absolute Gasteiger partial charge is 0.435 e. The molecular weight excluding hydrogens is 323 g/mol. The lowest BCUT2D eigenvalue weighted by Crippen LogP contribution is -2.18. The highest BCUT2D eigenvalue weighted by atomic mass is 32.1. The van der Waals surface area contributed by atoms with E-state index in [0.29, 0.717) is 0 Å². The molecule has 6 nitrogen and oxygen atoms in total. The molecule has 0 unspecified atom stereocenters. The number of rotatable bonds is 3. The van der Waals surface area contributed by atoms with Gasteiger partial charge in [-0.3, -0.25) is 9.48 Å². The topological polar surface area (TPSA) is 73.2 Å². The van der Waals surface area contributed by atoms with Crippen molar-refractivity contribution in [3.63, 3.8) is 0 Å². The average molecular weight is 333 g/mol. The van der Waals surface area contributed by atoms with Gasteiger partial charge in [0.1, 0.15) is 4.88 Å². The van der Waals surface area contributed by atoms with Crippen LogP contribution in [-0.4, -0.2) is 28.8 Å². The van der Waals surface area contributed by atoms with E-state index in [1.807, 2.05) is 0 Å². The molecule has 0 fully saturated rings. The molecule has 0 aliphatic carbocycles. The summed E-state index contributed by atoms with van der Waals surface area (Å²) in [6.45, 7) is 0. The number of anilines is 1. The minimum atomic E-state index is -4.76. The molecule has 2 heterocycles. The van der Waals surface area contributed by atoms with Gasteiger partial charge in [0.15, 0.2) is 5.69 Å². The summed E-state index contributed by atoms with van der Waals surface area (Å²) < 4.78 is 43.9. The fourth-order valence-corrected chi connectivity index (χ4v) is 2.48. The van der Waals surface area contributed by atoms with Gasteiger partial charge in [-0.1, -0.05) is 0 Å². The monoisotopic (exact) mass is 333 g/mol. The number of amides is 1. The fourth-order valence-electron chi connectivity index (χ4n) is 1.71. The number of alkyl halides is 3. The molecule has 0 bridgehead atoms. The second-order valence-electron chi connectivity index (χ2n) is 4.17. The number of methoxy groups -OCH3 is 1. The molecule has 1 N–H and O–H groups in total. The van der Waals surface area contributed by atoms with Crippen LogP contribution < -0.4 is 5.32 Å². The first-order chi connectivity index (χ1) is 10.2. The summed E-state index contributed by atoms with van der Waals surface area (Å²) in [7, 11) is 2.44. The van der Waals surface area contributed by atoms with Crippen LogP contribution in [-0.2, 0) is 18.0 Å². The van der Waals surface area contributed by atoms with Crippen molar-refractivity contribution in [2.45, 2.75) is 6.18 Å². The molecule has 10 heteroatoms. The number of carbonyl (C=O) groups excluding carboxylic acids is 2. The van der Waals surface area contributed by atoms with Gasteiger partial charge >= 0.3 is 12.1 Å². The molecule has 2 aromatic heterocycles. The normalized spacial score (nSPS) is 11.3. The van der Waals surface area contributed by atoms with Gasteiger partial charge < -0.3 is 10.1 Å². The maximum atomic E-state index is 12.8. The van der Waals surface area contributed by atoms with Crippen molar-refractivity contribution in [1.29, 1.82) is 0 Å². The van der Waals surface area contributed by atoms with Gasteiger partial charge in [-0.15, -0.1) is 11.3 Å². The number of nitrogens with one attached hydrogen (secondary N) is 1. The van der Waals surface area contributed by atoms with Crippen LogP contribution in [0.3, 0.4) is 0 Å². The van der Waals surface area contributed by atoms with E-state index in [2.05, 4.69) is 15.2 Å². The lowest BCUT2D eigenvalue weighted by molar-refractivity contribution is -0.141. The zero-order valence-electron chi connectivity index (χ0n) is 11.4. The quantitative estimate of drug-likeness (QED) is 0.876. The Morgan fingerprint density at radius 1 is 1.41 bits per heavy atom. The minimum absolute atomic E-state index is 0.0822. The number of hydrogen-bond acceptors (Lipinski definition) is 5. The number of aryl methyl sites for hydroxylation is 1. The van der Waals surface area contributed by atoms with Gasteiger partial charge in [-0.25, -0.2) is 4.79 Å². The lowest BCUT2D eigenvalue weighted by atomic mass is 10.2. The van der Waals surface area contributed by atoms with E-state index < -0.39 is 29.3 Å². The molecule has 0 spiro atoms. The predicted octanol–water partition coefficient (Wildman–Crippen LogP) is 2.54. The number of ether oxygens (including phenoxy) is 1. The van der Waals surface area contributed by atoms with Crippen molar-refractivity contribution >= 4 is 28.9 Å². The molecule has 2 rings (SSSR count). The summed E-state index contributed by atoms with van der Waals surface area (Å²) >= 11 is 1.00. The lowest BCUT2D eigenvalue weighted by Gasteiger charge is -2.07. The Kier molecular flexibility index (Phi) is 4.22. The van der Waals surface area contributed by atoms with Crippen LogP contribution in [0.2, 0.25) is 0 Å². The molecule has 22 heavy (non-hydrogen) atoms. The van der Waals surface area contributed by atoms with E-state index in [0.717, 1.165) is 29.3 Å². The van der Waals surface area contributed by atoms with Crippen molar-refractivity contribution in [3.8, 4) is 0 Å². The Balaban J connectivity index is 2.31. The maximum Gasteiger partial charge on any atom is 0.435 e. The first-order valence-electron chi connectivity index (χ1n) is 5.82. The molecule has 0 atom stereocenters. The summed E-state index contributed by atoms with van der Waals surface area (Å²) in [5.74, 6) is -1.70. The molecule has 0 aliphatic heterocycles. The Bertz CT molecular complexity index is 721. The number of halogens is 3. The molecule has 0 aromatic carbocycles. The average Bonchev–Trinajstić information content (AvgIpc) is 3.03. The summed E-state index contributed by atoms with van der Waals surface area (Å²) in [6, 6.07) is 1.40. The van der Waals surface area contributed by atoms with E-state index in [9.17, 15) is 22.8 Å². The van der Waals surface area contributed by atoms with E-state index in [1.54, 1.807) is 0 Å². The molecule has 1 amide bonds. The van der Waals surface area contributed by atoms with Crippen molar-refractivity contribution in [2.75, 3.05) is 12.4 Å². The maximum absolute atomic E-state index is 12.8. The third-order valence-corrected chi connectivity index (χ3v) is 3.52. The number of hydrogen-bond donors (Lipinski definition) is 1. The van der Waals surface area contributed by atoms with Gasteiger partial charge in [-0.2, -0.15) is 18.3 Å². The van der Waals surface area contributed by atoms with Crippen LogP contribution in [0.1, 0.15) is 25.7 Å². The molecule has 118 valence electrons.